The quantitative estimate of drug-likeness (QED) is 0.269. The van der Waals surface area contributed by atoms with Crippen molar-refractivity contribution in [2.45, 2.75) is 32.9 Å². The molecule has 0 aliphatic carbocycles. The van der Waals surface area contributed by atoms with Crippen LogP contribution in [0.15, 0.2) is 4.99 Å². The highest BCUT2D eigenvalue weighted by Gasteiger charge is 2.21. The lowest BCUT2D eigenvalue weighted by molar-refractivity contribution is 0.0314. The predicted octanol–water partition coefficient (Wildman–Crippen LogP) is -0.0652. The molecular weight excluding hydrogens is 180 g/mol. The number of hydrogen-bond donors (Lipinski definition) is 2. The minimum atomic E-state index is 0.246. The van der Waals surface area contributed by atoms with E-state index in [2.05, 4.69) is 22.2 Å². The highest BCUT2D eigenvalue weighted by Crippen LogP contribution is 2.06. The van der Waals surface area contributed by atoms with Crippen molar-refractivity contribution in [1.82, 2.24) is 10.3 Å². The molecule has 1 unspecified atom stereocenters. The summed E-state index contributed by atoms with van der Waals surface area (Å²) in [6, 6.07) is 0.577. The summed E-state index contributed by atoms with van der Waals surface area (Å²) in [5.74, 6) is 6.21. The van der Waals surface area contributed by atoms with Crippen molar-refractivity contribution in [3.05, 3.63) is 0 Å². The maximum atomic E-state index is 5.45. The van der Waals surface area contributed by atoms with Gasteiger partial charge in [0, 0.05) is 12.6 Å². The van der Waals surface area contributed by atoms with Crippen molar-refractivity contribution in [2.75, 3.05) is 19.8 Å². The first kappa shape index (κ1) is 11.3. The summed E-state index contributed by atoms with van der Waals surface area (Å²) >= 11 is 0. The molecular formula is C9H20N4O. The Kier molecular flexibility index (Phi) is 4.16. The molecule has 1 saturated heterocycles. The average molecular weight is 200 g/mol. The molecule has 3 N–H and O–H groups in total. The molecule has 82 valence electrons. The van der Waals surface area contributed by atoms with Gasteiger partial charge in [0.1, 0.15) is 0 Å². The molecule has 5 heteroatoms. The number of ether oxygens (including phenoxy) is 1. The number of guanidine groups is 1. The second-order valence-electron chi connectivity index (χ2n) is 3.81. The lowest BCUT2D eigenvalue weighted by atomic mass is 10.3. The second-order valence-corrected chi connectivity index (χ2v) is 3.81. The molecule has 0 radical (unpaired) electrons. The molecule has 0 amide bonds. The first-order chi connectivity index (χ1) is 6.65. The van der Waals surface area contributed by atoms with Crippen LogP contribution in [0.4, 0.5) is 0 Å². The maximum absolute atomic E-state index is 5.45. The van der Waals surface area contributed by atoms with Gasteiger partial charge in [-0.1, -0.05) is 0 Å². The molecule has 1 rings (SSSR count). The van der Waals surface area contributed by atoms with Crippen LogP contribution in [-0.4, -0.2) is 42.7 Å². The van der Waals surface area contributed by atoms with Gasteiger partial charge in [0.25, 0.3) is 0 Å². The zero-order valence-corrected chi connectivity index (χ0v) is 9.16. The Labute approximate surface area is 85.3 Å². The van der Waals surface area contributed by atoms with E-state index in [-0.39, 0.29) is 6.04 Å². The third-order valence-corrected chi connectivity index (χ3v) is 2.15. The molecule has 1 aliphatic heterocycles. The number of hydrazine groups is 1. The predicted molar refractivity (Wildman–Crippen MR) is 56.9 cm³/mol. The van der Waals surface area contributed by atoms with Crippen LogP contribution in [0.1, 0.15) is 20.8 Å². The zero-order valence-electron chi connectivity index (χ0n) is 9.16. The first-order valence-electron chi connectivity index (χ1n) is 5.04. The van der Waals surface area contributed by atoms with Crippen LogP contribution in [0, 0.1) is 0 Å². The monoisotopic (exact) mass is 200 g/mol. The Bertz CT molecular complexity index is 205. The third-order valence-electron chi connectivity index (χ3n) is 2.15. The van der Waals surface area contributed by atoms with E-state index < -0.39 is 0 Å². The summed E-state index contributed by atoms with van der Waals surface area (Å²) in [5, 5.41) is 0. The molecule has 1 aliphatic rings. The van der Waals surface area contributed by atoms with Crippen LogP contribution in [0.3, 0.4) is 0 Å². The van der Waals surface area contributed by atoms with Gasteiger partial charge < -0.3 is 9.64 Å². The molecule has 0 spiro atoms. The van der Waals surface area contributed by atoms with E-state index in [0.29, 0.717) is 6.04 Å². The lowest BCUT2D eigenvalue weighted by Gasteiger charge is -2.35. The summed E-state index contributed by atoms with van der Waals surface area (Å²) in [6.45, 7) is 8.48. The molecule has 14 heavy (non-hydrogen) atoms. The maximum Gasteiger partial charge on any atom is 0.209 e. The fourth-order valence-corrected chi connectivity index (χ4v) is 1.48. The largest absolute Gasteiger partial charge is 0.377 e. The van der Waals surface area contributed by atoms with E-state index in [1.54, 1.807) is 0 Å². The second kappa shape index (κ2) is 5.17. The van der Waals surface area contributed by atoms with Gasteiger partial charge in [-0.05, 0) is 20.8 Å². The smallest absolute Gasteiger partial charge is 0.209 e. The van der Waals surface area contributed by atoms with Crippen LogP contribution >= 0.6 is 0 Å². The van der Waals surface area contributed by atoms with Crippen molar-refractivity contribution in [2.24, 2.45) is 10.8 Å². The summed E-state index contributed by atoms with van der Waals surface area (Å²) < 4.78 is 5.35. The van der Waals surface area contributed by atoms with Crippen molar-refractivity contribution in [1.29, 1.82) is 0 Å². The fourth-order valence-electron chi connectivity index (χ4n) is 1.48. The Balaban J connectivity index is 2.67. The number of nitrogens with one attached hydrogen (secondary N) is 1. The average Bonchev–Trinajstić information content (AvgIpc) is 2.15. The lowest BCUT2D eigenvalue weighted by Crippen LogP contribution is -2.54. The Morgan fingerprint density at radius 1 is 1.64 bits per heavy atom. The molecule has 1 fully saturated rings. The minimum Gasteiger partial charge on any atom is -0.377 e. The molecule has 0 saturated carbocycles. The van der Waals surface area contributed by atoms with E-state index in [9.17, 15) is 0 Å². The minimum absolute atomic E-state index is 0.246. The number of rotatable bonds is 1. The topological polar surface area (TPSA) is 62.9 Å². The normalized spacial score (nSPS) is 24.2. The van der Waals surface area contributed by atoms with Crippen LogP contribution in [0.5, 0.6) is 0 Å². The van der Waals surface area contributed by atoms with E-state index in [0.717, 1.165) is 25.7 Å². The summed E-state index contributed by atoms with van der Waals surface area (Å²) in [4.78, 5) is 6.56. The fraction of sp³-hybridized carbons (Fsp3) is 0.889. The number of morpholine rings is 1. The SMILES string of the molecule is CC(C)N=C(NN)N1CCOCC1C. The molecule has 5 nitrogen and oxygen atoms in total. The van der Waals surface area contributed by atoms with Gasteiger partial charge in [-0.2, -0.15) is 0 Å². The van der Waals surface area contributed by atoms with Crippen LogP contribution in [0.2, 0.25) is 0 Å². The molecule has 0 aromatic carbocycles. The van der Waals surface area contributed by atoms with Crippen molar-refractivity contribution < 1.29 is 4.74 Å². The van der Waals surface area contributed by atoms with Gasteiger partial charge in [-0.15, -0.1) is 0 Å². The number of nitrogens with zero attached hydrogens (tertiary/aromatic N) is 2. The number of aliphatic imine (C=N–C) groups is 1. The number of nitrogens with two attached hydrogens (primary N) is 1. The molecule has 0 bridgehead atoms. The molecule has 1 atom stereocenters. The van der Waals surface area contributed by atoms with Crippen molar-refractivity contribution >= 4 is 5.96 Å². The van der Waals surface area contributed by atoms with E-state index in [4.69, 9.17) is 10.6 Å². The van der Waals surface area contributed by atoms with Crippen LogP contribution in [-0.2, 0) is 4.74 Å². The Morgan fingerprint density at radius 2 is 2.36 bits per heavy atom. The molecule has 1 heterocycles. The molecule has 0 aromatic heterocycles. The summed E-state index contributed by atoms with van der Waals surface area (Å²) in [5.41, 5.74) is 2.65. The van der Waals surface area contributed by atoms with E-state index in [1.165, 1.54) is 0 Å². The highest BCUT2D eigenvalue weighted by molar-refractivity contribution is 5.79. The third kappa shape index (κ3) is 2.85. The van der Waals surface area contributed by atoms with Gasteiger partial charge >= 0.3 is 0 Å². The van der Waals surface area contributed by atoms with Gasteiger partial charge in [0.05, 0.1) is 19.3 Å². The molecule has 0 aromatic rings. The van der Waals surface area contributed by atoms with E-state index >= 15 is 0 Å². The van der Waals surface area contributed by atoms with Crippen molar-refractivity contribution in [3.63, 3.8) is 0 Å². The van der Waals surface area contributed by atoms with Crippen molar-refractivity contribution in [3.8, 4) is 0 Å². The van der Waals surface area contributed by atoms with Gasteiger partial charge in [-0.3, -0.25) is 5.43 Å². The Morgan fingerprint density at radius 3 is 2.86 bits per heavy atom. The van der Waals surface area contributed by atoms with Crippen LogP contribution in [0.25, 0.3) is 0 Å². The van der Waals surface area contributed by atoms with E-state index in [1.807, 2.05) is 13.8 Å². The number of hydrogen-bond acceptors (Lipinski definition) is 3. The van der Waals surface area contributed by atoms with Gasteiger partial charge in [0.15, 0.2) is 0 Å². The standard InChI is InChI=1S/C9H20N4O/c1-7(2)11-9(12-10)13-4-5-14-6-8(13)3/h7-8H,4-6,10H2,1-3H3,(H,11,12). The van der Waals surface area contributed by atoms with Crippen LogP contribution < -0.4 is 11.3 Å². The van der Waals surface area contributed by atoms with Gasteiger partial charge in [0.2, 0.25) is 5.96 Å². The summed E-state index contributed by atoms with van der Waals surface area (Å²) in [6.07, 6.45) is 0. The summed E-state index contributed by atoms with van der Waals surface area (Å²) in [7, 11) is 0. The highest BCUT2D eigenvalue weighted by atomic mass is 16.5. The zero-order chi connectivity index (χ0) is 10.6. The Hall–Kier alpha value is -0.810. The van der Waals surface area contributed by atoms with Gasteiger partial charge in [-0.25, -0.2) is 10.8 Å². The first-order valence-corrected chi connectivity index (χ1v) is 5.04.